The van der Waals surface area contributed by atoms with Crippen LogP contribution >= 0.6 is 11.6 Å². The highest BCUT2D eigenvalue weighted by atomic mass is 35.5. The first kappa shape index (κ1) is 18.8. The van der Waals surface area contributed by atoms with Gasteiger partial charge in [-0.15, -0.1) is 0 Å². The van der Waals surface area contributed by atoms with Crippen LogP contribution in [0, 0.1) is 6.92 Å². The molecular weight excluding hydrogens is 340 g/mol. The highest BCUT2D eigenvalue weighted by molar-refractivity contribution is 6.31. The van der Waals surface area contributed by atoms with Crippen LogP contribution < -0.4 is 15.4 Å². The number of carbonyl (C=O) groups is 2. The number of methoxy groups -OCH3 is 1. The third-order valence-corrected chi connectivity index (χ3v) is 3.99. The summed E-state index contributed by atoms with van der Waals surface area (Å²) >= 11 is 5.98. The van der Waals surface area contributed by atoms with Gasteiger partial charge in [-0.1, -0.05) is 29.8 Å². The van der Waals surface area contributed by atoms with Gasteiger partial charge in [0.05, 0.1) is 19.6 Å². The number of hydrogen-bond donors (Lipinski definition) is 2. The van der Waals surface area contributed by atoms with Gasteiger partial charge in [-0.25, -0.2) is 0 Å². The molecule has 5 nitrogen and oxygen atoms in total. The van der Waals surface area contributed by atoms with Crippen LogP contribution in [0.2, 0.25) is 5.02 Å². The third kappa shape index (κ3) is 5.50. The molecule has 0 spiro atoms. The van der Waals surface area contributed by atoms with Gasteiger partial charge >= 0.3 is 0 Å². The van der Waals surface area contributed by atoms with Crippen molar-refractivity contribution in [2.24, 2.45) is 0 Å². The lowest BCUT2D eigenvalue weighted by Crippen LogP contribution is -2.29. The van der Waals surface area contributed by atoms with Crippen molar-refractivity contribution in [3.8, 4) is 5.75 Å². The molecule has 0 aliphatic carbocycles. The van der Waals surface area contributed by atoms with Crippen LogP contribution in [0.25, 0.3) is 0 Å². The minimum Gasteiger partial charge on any atom is -0.497 e. The first-order valence-electron chi connectivity index (χ1n) is 7.86. The van der Waals surface area contributed by atoms with E-state index in [2.05, 4.69) is 10.6 Å². The summed E-state index contributed by atoms with van der Waals surface area (Å²) in [5, 5.41) is 6.21. The standard InChI is InChI=1S/C19H21ClN2O3/c1-12-4-7-15(20)10-17(12)22-19(24)11-18(21-13(2)23)14-5-8-16(25-3)9-6-14/h4-10,18H,11H2,1-3H3,(H,21,23)(H,22,24). The molecule has 25 heavy (non-hydrogen) atoms. The van der Waals surface area contributed by atoms with E-state index in [0.29, 0.717) is 16.5 Å². The number of ether oxygens (including phenoxy) is 1. The number of anilines is 1. The van der Waals surface area contributed by atoms with Gasteiger partial charge in [-0.2, -0.15) is 0 Å². The molecule has 132 valence electrons. The Labute approximate surface area is 152 Å². The summed E-state index contributed by atoms with van der Waals surface area (Å²) in [4.78, 5) is 23.9. The smallest absolute Gasteiger partial charge is 0.226 e. The molecule has 0 radical (unpaired) electrons. The van der Waals surface area contributed by atoms with Gasteiger partial charge in [0.15, 0.2) is 0 Å². The molecule has 2 aromatic carbocycles. The van der Waals surface area contributed by atoms with Crippen molar-refractivity contribution in [1.29, 1.82) is 0 Å². The summed E-state index contributed by atoms with van der Waals surface area (Å²) < 4.78 is 5.14. The molecule has 2 amide bonds. The van der Waals surface area contributed by atoms with E-state index in [1.54, 1.807) is 31.4 Å². The Kier molecular flexibility index (Phi) is 6.42. The van der Waals surface area contributed by atoms with Gasteiger partial charge in [-0.3, -0.25) is 9.59 Å². The Morgan fingerprint density at radius 2 is 1.84 bits per heavy atom. The van der Waals surface area contributed by atoms with Crippen LogP contribution in [0.4, 0.5) is 5.69 Å². The molecule has 0 saturated heterocycles. The molecule has 2 aromatic rings. The van der Waals surface area contributed by atoms with Crippen LogP contribution in [-0.4, -0.2) is 18.9 Å². The first-order chi connectivity index (χ1) is 11.9. The van der Waals surface area contributed by atoms with Gasteiger partial charge < -0.3 is 15.4 Å². The van der Waals surface area contributed by atoms with Crippen LogP contribution in [0.1, 0.15) is 30.5 Å². The fraction of sp³-hybridized carbons (Fsp3) is 0.263. The topological polar surface area (TPSA) is 67.4 Å². The van der Waals surface area contributed by atoms with E-state index >= 15 is 0 Å². The van der Waals surface area contributed by atoms with Crippen molar-refractivity contribution in [2.75, 3.05) is 12.4 Å². The Bertz CT molecular complexity index is 760. The Hall–Kier alpha value is -2.53. The zero-order valence-corrected chi connectivity index (χ0v) is 15.2. The number of carbonyl (C=O) groups excluding carboxylic acids is 2. The summed E-state index contributed by atoms with van der Waals surface area (Å²) in [5.74, 6) is 0.303. The maximum absolute atomic E-state index is 12.4. The molecule has 0 aromatic heterocycles. The molecule has 0 heterocycles. The van der Waals surface area contributed by atoms with Gasteiger partial charge in [0.2, 0.25) is 11.8 Å². The van der Waals surface area contributed by atoms with E-state index in [-0.39, 0.29) is 18.2 Å². The van der Waals surface area contributed by atoms with Gasteiger partial charge in [0.1, 0.15) is 5.75 Å². The quantitative estimate of drug-likeness (QED) is 0.821. The predicted molar refractivity (Wildman–Crippen MR) is 99.0 cm³/mol. The van der Waals surface area contributed by atoms with E-state index in [1.807, 2.05) is 25.1 Å². The molecule has 1 unspecified atom stereocenters. The lowest BCUT2D eigenvalue weighted by atomic mass is 10.0. The third-order valence-electron chi connectivity index (χ3n) is 3.76. The monoisotopic (exact) mass is 360 g/mol. The highest BCUT2D eigenvalue weighted by Crippen LogP contribution is 2.23. The van der Waals surface area contributed by atoms with Gasteiger partial charge in [0.25, 0.3) is 0 Å². The van der Waals surface area contributed by atoms with Crippen LogP contribution in [0.5, 0.6) is 5.75 Å². The summed E-state index contributed by atoms with van der Waals surface area (Å²) in [7, 11) is 1.58. The van der Waals surface area contributed by atoms with Crippen molar-refractivity contribution < 1.29 is 14.3 Å². The normalized spacial score (nSPS) is 11.5. The number of halogens is 1. The predicted octanol–water partition coefficient (Wildman–Crippen LogP) is 3.86. The van der Waals surface area contributed by atoms with Crippen molar-refractivity contribution in [3.63, 3.8) is 0 Å². The summed E-state index contributed by atoms with van der Waals surface area (Å²) in [6.45, 7) is 3.32. The maximum Gasteiger partial charge on any atom is 0.226 e. The van der Waals surface area contributed by atoms with Crippen molar-refractivity contribution >= 4 is 29.1 Å². The van der Waals surface area contributed by atoms with Crippen LogP contribution in [-0.2, 0) is 9.59 Å². The van der Waals surface area contributed by atoms with Crippen molar-refractivity contribution in [2.45, 2.75) is 26.3 Å². The zero-order valence-electron chi connectivity index (χ0n) is 14.4. The van der Waals surface area contributed by atoms with E-state index in [4.69, 9.17) is 16.3 Å². The van der Waals surface area contributed by atoms with Crippen LogP contribution in [0.3, 0.4) is 0 Å². The van der Waals surface area contributed by atoms with E-state index < -0.39 is 6.04 Å². The van der Waals surface area contributed by atoms with E-state index in [0.717, 1.165) is 11.1 Å². The van der Waals surface area contributed by atoms with Gasteiger partial charge in [0, 0.05) is 17.6 Å². The Morgan fingerprint density at radius 3 is 2.44 bits per heavy atom. The Morgan fingerprint density at radius 1 is 1.16 bits per heavy atom. The largest absolute Gasteiger partial charge is 0.497 e. The molecule has 6 heteroatoms. The number of aryl methyl sites for hydroxylation is 1. The minimum absolute atomic E-state index is 0.109. The second-order valence-electron chi connectivity index (χ2n) is 5.74. The zero-order chi connectivity index (χ0) is 18.4. The average molecular weight is 361 g/mol. The Balaban J connectivity index is 2.13. The van der Waals surface area contributed by atoms with Gasteiger partial charge in [-0.05, 0) is 42.3 Å². The molecule has 0 aliphatic heterocycles. The number of amides is 2. The first-order valence-corrected chi connectivity index (χ1v) is 8.24. The van der Waals surface area contributed by atoms with E-state index in [9.17, 15) is 9.59 Å². The number of hydrogen-bond acceptors (Lipinski definition) is 3. The van der Waals surface area contributed by atoms with Crippen molar-refractivity contribution in [1.82, 2.24) is 5.32 Å². The summed E-state index contributed by atoms with van der Waals surface area (Å²) in [6, 6.07) is 12.1. The van der Waals surface area contributed by atoms with E-state index in [1.165, 1.54) is 6.92 Å². The molecule has 0 fully saturated rings. The number of nitrogens with one attached hydrogen (secondary N) is 2. The number of benzene rings is 2. The minimum atomic E-state index is -0.428. The molecule has 2 N–H and O–H groups in total. The van der Waals surface area contributed by atoms with Crippen molar-refractivity contribution in [3.05, 3.63) is 58.6 Å². The lowest BCUT2D eigenvalue weighted by Gasteiger charge is -2.19. The molecule has 0 aliphatic rings. The SMILES string of the molecule is COc1ccc(C(CC(=O)Nc2cc(Cl)ccc2C)NC(C)=O)cc1. The molecule has 0 bridgehead atoms. The molecule has 2 rings (SSSR count). The second-order valence-corrected chi connectivity index (χ2v) is 6.17. The molecule has 1 atom stereocenters. The number of rotatable bonds is 6. The average Bonchev–Trinajstić information content (AvgIpc) is 2.57. The molecule has 0 saturated carbocycles. The highest BCUT2D eigenvalue weighted by Gasteiger charge is 2.18. The maximum atomic E-state index is 12.4. The molecular formula is C19H21ClN2O3. The fourth-order valence-electron chi connectivity index (χ4n) is 2.45. The summed E-state index contributed by atoms with van der Waals surface area (Å²) in [5.41, 5.74) is 2.40. The summed E-state index contributed by atoms with van der Waals surface area (Å²) in [6.07, 6.45) is 0.109. The lowest BCUT2D eigenvalue weighted by molar-refractivity contribution is -0.120. The fourth-order valence-corrected chi connectivity index (χ4v) is 2.62. The van der Waals surface area contributed by atoms with Crippen LogP contribution in [0.15, 0.2) is 42.5 Å². The second kappa shape index (κ2) is 8.53.